The molecular formula is C13H16N4OS. The van der Waals surface area contributed by atoms with Gasteiger partial charge in [-0.1, -0.05) is 23.4 Å². The molecular weight excluding hydrogens is 260 g/mol. The van der Waals surface area contributed by atoms with Gasteiger partial charge in [0.05, 0.1) is 6.54 Å². The molecule has 0 bridgehead atoms. The predicted molar refractivity (Wildman–Crippen MR) is 76.2 cm³/mol. The first-order valence-electron chi connectivity index (χ1n) is 5.83. The molecule has 6 heteroatoms. The highest BCUT2D eigenvalue weighted by Crippen LogP contribution is 2.11. The van der Waals surface area contributed by atoms with Crippen LogP contribution in [-0.4, -0.2) is 28.0 Å². The van der Waals surface area contributed by atoms with Crippen molar-refractivity contribution in [1.29, 1.82) is 0 Å². The van der Waals surface area contributed by atoms with Gasteiger partial charge in [0.2, 0.25) is 0 Å². The minimum Gasteiger partial charge on any atom is -0.409 e. The summed E-state index contributed by atoms with van der Waals surface area (Å²) in [5.74, 6) is 0.129. The highest BCUT2D eigenvalue weighted by Gasteiger charge is 2.05. The zero-order chi connectivity index (χ0) is 13.7. The molecule has 1 heterocycles. The second-order valence-corrected chi connectivity index (χ2v) is 5.26. The summed E-state index contributed by atoms with van der Waals surface area (Å²) in [5, 5.41) is 14.8. The Morgan fingerprint density at radius 1 is 1.47 bits per heavy atom. The molecule has 2 rings (SSSR count). The van der Waals surface area contributed by atoms with Crippen molar-refractivity contribution in [3.63, 3.8) is 0 Å². The van der Waals surface area contributed by atoms with E-state index in [1.807, 2.05) is 42.9 Å². The molecule has 100 valence electrons. The fraction of sp³-hybridized carbons (Fsp3) is 0.231. The van der Waals surface area contributed by atoms with E-state index in [0.717, 1.165) is 29.2 Å². The molecule has 0 amide bonds. The minimum absolute atomic E-state index is 0.129. The van der Waals surface area contributed by atoms with E-state index in [-0.39, 0.29) is 5.84 Å². The molecule has 0 atom stereocenters. The normalized spacial score (nSPS) is 12.0. The number of rotatable bonds is 5. The summed E-state index contributed by atoms with van der Waals surface area (Å²) < 4.78 is 0. The number of thiazole rings is 1. The van der Waals surface area contributed by atoms with E-state index in [0.29, 0.717) is 0 Å². The molecule has 5 nitrogen and oxygen atoms in total. The summed E-state index contributed by atoms with van der Waals surface area (Å²) in [7, 11) is 2.04. The predicted octanol–water partition coefficient (Wildman–Crippen LogP) is 1.87. The molecule has 0 saturated carbocycles. The Balaban J connectivity index is 2.02. The van der Waals surface area contributed by atoms with Crippen LogP contribution in [0.25, 0.3) is 0 Å². The number of oxime groups is 1. The molecule has 0 saturated heterocycles. The molecule has 2 aromatic rings. The number of benzene rings is 1. The maximum atomic E-state index is 8.68. The number of aromatic nitrogens is 1. The van der Waals surface area contributed by atoms with E-state index in [1.165, 1.54) is 0 Å². The quantitative estimate of drug-likeness (QED) is 0.378. The van der Waals surface area contributed by atoms with E-state index in [2.05, 4.69) is 15.0 Å². The lowest BCUT2D eigenvalue weighted by molar-refractivity contribution is 0.317. The molecule has 1 aromatic heterocycles. The van der Waals surface area contributed by atoms with Gasteiger partial charge in [-0.15, -0.1) is 11.3 Å². The van der Waals surface area contributed by atoms with Crippen molar-refractivity contribution in [1.82, 2.24) is 9.88 Å². The van der Waals surface area contributed by atoms with Crippen LogP contribution in [0.3, 0.4) is 0 Å². The smallest absolute Gasteiger partial charge is 0.170 e. The van der Waals surface area contributed by atoms with Gasteiger partial charge in [0.15, 0.2) is 5.84 Å². The van der Waals surface area contributed by atoms with Crippen molar-refractivity contribution in [3.05, 3.63) is 52.0 Å². The molecule has 0 aliphatic rings. The van der Waals surface area contributed by atoms with Gasteiger partial charge in [0.1, 0.15) is 5.01 Å². The standard InChI is InChI=1S/C13H16N4OS/c1-17(9-12-15-5-6-19-12)8-10-3-2-4-11(7-10)13(14)16-18/h2-7,18H,8-9H2,1H3,(H2,14,16). The second-order valence-electron chi connectivity index (χ2n) is 4.28. The third-order valence-corrected chi connectivity index (χ3v) is 3.44. The molecule has 3 N–H and O–H groups in total. The van der Waals surface area contributed by atoms with E-state index in [1.54, 1.807) is 11.3 Å². The summed E-state index contributed by atoms with van der Waals surface area (Å²) in [4.78, 5) is 6.43. The lowest BCUT2D eigenvalue weighted by Gasteiger charge is -2.15. The number of amidine groups is 1. The molecule has 0 unspecified atom stereocenters. The van der Waals surface area contributed by atoms with Gasteiger partial charge in [0, 0.05) is 23.7 Å². The number of hydrogen-bond donors (Lipinski definition) is 2. The number of nitrogens with two attached hydrogens (primary N) is 1. The Labute approximate surface area is 116 Å². The van der Waals surface area contributed by atoms with Crippen LogP contribution in [0.15, 0.2) is 41.0 Å². The van der Waals surface area contributed by atoms with E-state index < -0.39 is 0 Å². The average Bonchev–Trinajstić information content (AvgIpc) is 2.90. The largest absolute Gasteiger partial charge is 0.409 e. The van der Waals surface area contributed by atoms with Gasteiger partial charge in [-0.05, 0) is 18.7 Å². The summed E-state index contributed by atoms with van der Waals surface area (Å²) in [6.07, 6.45) is 1.81. The highest BCUT2D eigenvalue weighted by molar-refractivity contribution is 7.09. The second kappa shape index (κ2) is 6.31. The molecule has 0 spiro atoms. The molecule has 0 fully saturated rings. The van der Waals surface area contributed by atoms with Gasteiger partial charge in [0.25, 0.3) is 0 Å². The van der Waals surface area contributed by atoms with E-state index in [4.69, 9.17) is 10.9 Å². The Morgan fingerprint density at radius 3 is 3.00 bits per heavy atom. The highest BCUT2D eigenvalue weighted by atomic mass is 32.1. The van der Waals surface area contributed by atoms with Crippen LogP contribution < -0.4 is 5.73 Å². The van der Waals surface area contributed by atoms with Crippen molar-refractivity contribution >= 4 is 17.2 Å². The van der Waals surface area contributed by atoms with Gasteiger partial charge in [-0.25, -0.2) is 4.98 Å². The van der Waals surface area contributed by atoms with Gasteiger partial charge < -0.3 is 10.9 Å². The van der Waals surface area contributed by atoms with Crippen LogP contribution in [0.4, 0.5) is 0 Å². The molecule has 0 aliphatic heterocycles. The molecule has 1 aromatic carbocycles. The minimum atomic E-state index is 0.129. The van der Waals surface area contributed by atoms with Crippen molar-refractivity contribution in [2.75, 3.05) is 7.05 Å². The Kier molecular flexibility index (Phi) is 4.48. The number of hydrogen-bond acceptors (Lipinski definition) is 5. The summed E-state index contributed by atoms with van der Waals surface area (Å²) in [6, 6.07) is 7.67. The van der Waals surface area contributed by atoms with Crippen molar-refractivity contribution in [3.8, 4) is 0 Å². The van der Waals surface area contributed by atoms with Crippen LogP contribution in [0.2, 0.25) is 0 Å². The molecule has 0 radical (unpaired) electrons. The lowest BCUT2D eigenvalue weighted by Crippen LogP contribution is -2.18. The van der Waals surface area contributed by atoms with Crippen LogP contribution in [0, 0.1) is 0 Å². The third kappa shape index (κ3) is 3.77. The first-order valence-corrected chi connectivity index (χ1v) is 6.71. The third-order valence-electron chi connectivity index (χ3n) is 2.67. The fourth-order valence-corrected chi connectivity index (χ4v) is 2.51. The van der Waals surface area contributed by atoms with Gasteiger partial charge in [-0.2, -0.15) is 0 Å². The van der Waals surface area contributed by atoms with Crippen LogP contribution in [0.1, 0.15) is 16.1 Å². The summed E-state index contributed by atoms with van der Waals surface area (Å²) >= 11 is 1.65. The number of nitrogens with zero attached hydrogens (tertiary/aromatic N) is 3. The van der Waals surface area contributed by atoms with Crippen molar-refractivity contribution in [2.24, 2.45) is 10.9 Å². The SMILES string of the molecule is CN(Cc1cccc(C(N)=NO)c1)Cc1nccs1. The maximum Gasteiger partial charge on any atom is 0.170 e. The van der Waals surface area contributed by atoms with Crippen molar-refractivity contribution in [2.45, 2.75) is 13.1 Å². The summed E-state index contributed by atoms with van der Waals surface area (Å²) in [5.41, 5.74) is 7.42. The van der Waals surface area contributed by atoms with Crippen LogP contribution in [-0.2, 0) is 13.1 Å². The zero-order valence-corrected chi connectivity index (χ0v) is 11.5. The van der Waals surface area contributed by atoms with Crippen LogP contribution in [0.5, 0.6) is 0 Å². The van der Waals surface area contributed by atoms with Gasteiger partial charge in [-0.3, -0.25) is 4.90 Å². The lowest BCUT2D eigenvalue weighted by atomic mass is 10.1. The zero-order valence-electron chi connectivity index (χ0n) is 10.7. The topological polar surface area (TPSA) is 74.7 Å². The Morgan fingerprint density at radius 2 is 2.32 bits per heavy atom. The van der Waals surface area contributed by atoms with Crippen LogP contribution >= 0.6 is 11.3 Å². The Hall–Kier alpha value is -1.92. The van der Waals surface area contributed by atoms with Crippen molar-refractivity contribution < 1.29 is 5.21 Å². The monoisotopic (exact) mass is 276 g/mol. The van der Waals surface area contributed by atoms with E-state index in [9.17, 15) is 0 Å². The maximum absolute atomic E-state index is 8.68. The molecule has 0 aliphatic carbocycles. The first kappa shape index (κ1) is 13.5. The first-order chi connectivity index (χ1) is 9.19. The average molecular weight is 276 g/mol. The van der Waals surface area contributed by atoms with Gasteiger partial charge >= 0.3 is 0 Å². The fourth-order valence-electron chi connectivity index (χ4n) is 1.82. The Bertz CT molecular complexity index is 554. The molecule has 19 heavy (non-hydrogen) atoms. The van der Waals surface area contributed by atoms with E-state index >= 15 is 0 Å². The summed E-state index contributed by atoms with van der Waals surface area (Å²) in [6.45, 7) is 1.59.